The standard InChI is InChI=1S/C15H26N2O3/c1-3-6-16-14-5-7-17-15(12-14)13-20-9-4-8-19-11-10-18-2/h5,7,12H,3-4,6,8-11,13H2,1-2H3,(H,16,17). The molecule has 0 aliphatic heterocycles. The Hall–Kier alpha value is -1.17. The van der Waals surface area contributed by atoms with Crippen LogP contribution in [0.3, 0.4) is 0 Å². The maximum absolute atomic E-state index is 5.58. The SMILES string of the molecule is CCCNc1ccnc(COCCCOCCOC)c1. The quantitative estimate of drug-likeness (QED) is 0.597. The third kappa shape index (κ3) is 8.09. The van der Waals surface area contributed by atoms with Crippen LogP contribution in [-0.2, 0) is 20.8 Å². The highest BCUT2D eigenvalue weighted by Gasteiger charge is 1.98. The van der Waals surface area contributed by atoms with E-state index in [2.05, 4.69) is 17.2 Å². The van der Waals surface area contributed by atoms with Crippen molar-refractivity contribution in [3.05, 3.63) is 24.0 Å². The molecule has 1 N–H and O–H groups in total. The summed E-state index contributed by atoms with van der Waals surface area (Å²) in [5.41, 5.74) is 2.05. The van der Waals surface area contributed by atoms with E-state index in [9.17, 15) is 0 Å². The van der Waals surface area contributed by atoms with E-state index in [0.717, 1.165) is 30.8 Å². The van der Waals surface area contributed by atoms with Crippen molar-refractivity contribution in [1.82, 2.24) is 4.98 Å². The molecule has 0 aliphatic rings. The Kier molecular flexibility index (Phi) is 9.83. The van der Waals surface area contributed by atoms with Crippen LogP contribution in [-0.4, -0.2) is 45.1 Å². The van der Waals surface area contributed by atoms with Gasteiger partial charge in [0.05, 0.1) is 25.5 Å². The first-order valence-corrected chi connectivity index (χ1v) is 7.20. The molecule has 0 amide bonds. The van der Waals surface area contributed by atoms with Crippen LogP contribution in [0.1, 0.15) is 25.5 Å². The number of rotatable bonds is 12. The highest BCUT2D eigenvalue weighted by atomic mass is 16.5. The Bertz CT molecular complexity index is 348. The van der Waals surface area contributed by atoms with Gasteiger partial charge in [-0.05, 0) is 25.0 Å². The van der Waals surface area contributed by atoms with Crippen molar-refractivity contribution in [2.75, 3.05) is 45.4 Å². The van der Waals surface area contributed by atoms with Crippen molar-refractivity contribution >= 4 is 5.69 Å². The summed E-state index contributed by atoms with van der Waals surface area (Å²) in [7, 11) is 1.67. The Balaban J connectivity index is 2.09. The smallest absolute Gasteiger partial charge is 0.0888 e. The monoisotopic (exact) mass is 282 g/mol. The van der Waals surface area contributed by atoms with Gasteiger partial charge in [0.1, 0.15) is 0 Å². The number of nitrogens with zero attached hydrogens (tertiary/aromatic N) is 1. The molecule has 5 nitrogen and oxygen atoms in total. The Labute approximate surface area is 121 Å². The number of aromatic nitrogens is 1. The number of methoxy groups -OCH3 is 1. The molecule has 5 heteroatoms. The molecule has 0 spiro atoms. The van der Waals surface area contributed by atoms with Crippen LogP contribution < -0.4 is 5.32 Å². The molecule has 1 aromatic rings. The van der Waals surface area contributed by atoms with Crippen LogP contribution in [0.15, 0.2) is 18.3 Å². The molecule has 0 unspecified atom stereocenters. The molecule has 0 fully saturated rings. The zero-order valence-electron chi connectivity index (χ0n) is 12.6. The Morgan fingerprint density at radius 3 is 2.80 bits per heavy atom. The average molecular weight is 282 g/mol. The molecule has 0 radical (unpaired) electrons. The van der Waals surface area contributed by atoms with Gasteiger partial charge in [-0.15, -0.1) is 0 Å². The van der Waals surface area contributed by atoms with E-state index in [4.69, 9.17) is 14.2 Å². The molecule has 0 atom stereocenters. The fraction of sp³-hybridized carbons (Fsp3) is 0.667. The van der Waals surface area contributed by atoms with Crippen LogP contribution in [0, 0.1) is 0 Å². The molecule has 0 saturated heterocycles. The van der Waals surface area contributed by atoms with E-state index < -0.39 is 0 Å². The van der Waals surface area contributed by atoms with Gasteiger partial charge in [0.25, 0.3) is 0 Å². The van der Waals surface area contributed by atoms with Crippen molar-refractivity contribution in [2.24, 2.45) is 0 Å². The van der Waals surface area contributed by atoms with Crippen LogP contribution in [0.25, 0.3) is 0 Å². The largest absolute Gasteiger partial charge is 0.385 e. The van der Waals surface area contributed by atoms with Crippen molar-refractivity contribution in [2.45, 2.75) is 26.4 Å². The van der Waals surface area contributed by atoms with E-state index in [1.165, 1.54) is 0 Å². The second-order valence-electron chi connectivity index (χ2n) is 4.47. The summed E-state index contributed by atoms with van der Waals surface area (Å²) in [6.45, 7) is 6.33. The maximum atomic E-state index is 5.58. The summed E-state index contributed by atoms with van der Waals surface area (Å²) >= 11 is 0. The topological polar surface area (TPSA) is 52.6 Å². The van der Waals surface area contributed by atoms with Gasteiger partial charge in [-0.1, -0.05) is 6.92 Å². The van der Waals surface area contributed by atoms with E-state index in [0.29, 0.717) is 33.0 Å². The van der Waals surface area contributed by atoms with Gasteiger partial charge in [0, 0.05) is 38.8 Å². The van der Waals surface area contributed by atoms with E-state index in [1.807, 2.05) is 18.3 Å². The minimum Gasteiger partial charge on any atom is -0.385 e. The molecule has 114 valence electrons. The van der Waals surface area contributed by atoms with Crippen LogP contribution in [0.5, 0.6) is 0 Å². The zero-order chi connectivity index (χ0) is 14.5. The van der Waals surface area contributed by atoms with Crippen molar-refractivity contribution < 1.29 is 14.2 Å². The second kappa shape index (κ2) is 11.6. The summed E-state index contributed by atoms with van der Waals surface area (Å²) in [5.74, 6) is 0. The van der Waals surface area contributed by atoms with E-state index in [-0.39, 0.29) is 0 Å². The highest BCUT2D eigenvalue weighted by molar-refractivity contribution is 5.42. The van der Waals surface area contributed by atoms with E-state index in [1.54, 1.807) is 7.11 Å². The summed E-state index contributed by atoms with van der Waals surface area (Å²) in [4.78, 5) is 4.29. The molecule has 1 rings (SSSR count). The zero-order valence-corrected chi connectivity index (χ0v) is 12.6. The molecule has 1 heterocycles. The van der Waals surface area contributed by atoms with Crippen LogP contribution in [0.4, 0.5) is 5.69 Å². The first-order valence-electron chi connectivity index (χ1n) is 7.20. The third-order valence-electron chi connectivity index (χ3n) is 2.65. The summed E-state index contributed by atoms with van der Waals surface area (Å²) in [6.07, 6.45) is 3.80. The predicted octanol–water partition coefficient (Wildman–Crippen LogP) is 2.47. The molecule has 0 saturated carbocycles. The van der Waals surface area contributed by atoms with Gasteiger partial charge in [-0.2, -0.15) is 0 Å². The third-order valence-corrected chi connectivity index (χ3v) is 2.65. The fourth-order valence-electron chi connectivity index (χ4n) is 1.62. The molecule has 0 aromatic carbocycles. The van der Waals surface area contributed by atoms with Crippen molar-refractivity contribution in [3.8, 4) is 0 Å². The Morgan fingerprint density at radius 1 is 1.15 bits per heavy atom. The maximum Gasteiger partial charge on any atom is 0.0888 e. The lowest BCUT2D eigenvalue weighted by molar-refractivity contribution is 0.0478. The molecular formula is C15H26N2O3. The minimum atomic E-state index is 0.541. The lowest BCUT2D eigenvalue weighted by atomic mass is 10.3. The number of pyridine rings is 1. The fourth-order valence-corrected chi connectivity index (χ4v) is 1.62. The molecule has 0 bridgehead atoms. The average Bonchev–Trinajstić information content (AvgIpc) is 2.48. The van der Waals surface area contributed by atoms with Gasteiger partial charge in [-0.25, -0.2) is 0 Å². The number of hydrogen-bond donors (Lipinski definition) is 1. The number of anilines is 1. The van der Waals surface area contributed by atoms with Gasteiger partial charge >= 0.3 is 0 Å². The lowest BCUT2D eigenvalue weighted by Gasteiger charge is -2.08. The molecule has 0 aliphatic carbocycles. The van der Waals surface area contributed by atoms with Crippen molar-refractivity contribution in [3.63, 3.8) is 0 Å². The number of nitrogens with one attached hydrogen (secondary N) is 1. The highest BCUT2D eigenvalue weighted by Crippen LogP contribution is 2.08. The summed E-state index contributed by atoms with van der Waals surface area (Å²) < 4.78 is 15.8. The van der Waals surface area contributed by atoms with Crippen LogP contribution >= 0.6 is 0 Å². The van der Waals surface area contributed by atoms with Gasteiger partial charge in [-0.3, -0.25) is 4.98 Å². The molecular weight excluding hydrogens is 256 g/mol. The first kappa shape index (κ1) is 16.9. The summed E-state index contributed by atoms with van der Waals surface area (Å²) in [5, 5.41) is 3.34. The van der Waals surface area contributed by atoms with Crippen LogP contribution in [0.2, 0.25) is 0 Å². The molecule has 20 heavy (non-hydrogen) atoms. The lowest BCUT2D eigenvalue weighted by Crippen LogP contribution is -2.06. The number of hydrogen-bond acceptors (Lipinski definition) is 5. The van der Waals surface area contributed by atoms with Gasteiger partial charge < -0.3 is 19.5 Å². The summed E-state index contributed by atoms with van der Waals surface area (Å²) in [6, 6.07) is 4.01. The first-order chi connectivity index (χ1) is 9.86. The number of ether oxygens (including phenoxy) is 3. The van der Waals surface area contributed by atoms with Gasteiger partial charge in [0.15, 0.2) is 0 Å². The predicted molar refractivity (Wildman–Crippen MR) is 80.0 cm³/mol. The molecule has 1 aromatic heterocycles. The second-order valence-corrected chi connectivity index (χ2v) is 4.47. The van der Waals surface area contributed by atoms with Crippen molar-refractivity contribution in [1.29, 1.82) is 0 Å². The normalized spacial score (nSPS) is 10.7. The minimum absolute atomic E-state index is 0.541. The van der Waals surface area contributed by atoms with Gasteiger partial charge in [0.2, 0.25) is 0 Å². The Morgan fingerprint density at radius 2 is 2.00 bits per heavy atom. The van der Waals surface area contributed by atoms with E-state index >= 15 is 0 Å².